The monoisotopic (exact) mass is 229 g/mol. The third-order valence-electron chi connectivity index (χ3n) is 4.11. The summed E-state index contributed by atoms with van der Waals surface area (Å²) in [7, 11) is 0. The summed E-state index contributed by atoms with van der Waals surface area (Å²) in [5.41, 5.74) is 4.38. The molecule has 0 saturated carbocycles. The SMILES string of the molecule is O=C[C@H]1CCN(c2ccc3c(c2)CCCC3)C1. The molecule has 1 aromatic carbocycles. The second-order valence-corrected chi connectivity index (χ2v) is 5.29. The van der Waals surface area contributed by atoms with Crippen molar-refractivity contribution < 1.29 is 4.79 Å². The number of aldehydes is 1. The molecule has 17 heavy (non-hydrogen) atoms. The third kappa shape index (κ3) is 2.08. The zero-order chi connectivity index (χ0) is 11.7. The molecular formula is C15H19NO. The van der Waals surface area contributed by atoms with Crippen LogP contribution in [0.4, 0.5) is 5.69 Å². The van der Waals surface area contributed by atoms with E-state index >= 15 is 0 Å². The fraction of sp³-hybridized carbons (Fsp3) is 0.533. The number of carbonyl (C=O) groups excluding carboxylic acids is 1. The minimum Gasteiger partial charge on any atom is -0.371 e. The molecule has 1 fully saturated rings. The standard InChI is InChI=1S/C15H19NO/c17-11-12-7-8-16(10-12)15-6-5-13-3-1-2-4-14(13)9-15/h5-6,9,11-12H,1-4,7-8,10H2/t12-/m0/s1. The molecule has 0 amide bonds. The van der Waals surface area contributed by atoms with E-state index in [0.717, 1.165) is 25.8 Å². The number of fused-ring (bicyclic) bond motifs is 1. The van der Waals surface area contributed by atoms with Gasteiger partial charge in [-0.25, -0.2) is 0 Å². The average molecular weight is 229 g/mol. The molecule has 0 radical (unpaired) electrons. The molecule has 2 nitrogen and oxygen atoms in total. The Labute approximate surface area is 103 Å². The lowest BCUT2D eigenvalue weighted by Gasteiger charge is -2.22. The lowest BCUT2D eigenvalue weighted by atomic mass is 9.91. The van der Waals surface area contributed by atoms with E-state index in [1.807, 2.05) is 0 Å². The molecule has 0 unspecified atom stereocenters. The Morgan fingerprint density at radius 1 is 1.18 bits per heavy atom. The molecule has 1 aliphatic carbocycles. The normalized spacial score (nSPS) is 23.5. The van der Waals surface area contributed by atoms with E-state index in [1.54, 1.807) is 0 Å². The van der Waals surface area contributed by atoms with Crippen LogP contribution in [-0.2, 0) is 17.6 Å². The van der Waals surface area contributed by atoms with Crippen molar-refractivity contribution in [1.82, 2.24) is 0 Å². The zero-order valence-corrected chi connectivity index (χ0v) is 10.2. The van der Waals surface area contributed by atoms with Gasteiger partial charge in [0.2, 0.25) is 0 Å². The van der Waals surface area contributed by atoms with Crippen LogP contribution in [0.15, 0.2) is 18.2 Å². The molecule has 0 bridgehead atoms. The van der Waals surface area contributed by atoms with Gasteiger partial charge in [0.15, 0.2) is 0 Å². The van der Waals surface area contributed by atoms with Gasteiger partial charge in [0.05, 0.1) is 0 Å². The number of aryl methyl sites for hydroxylation is 2. The van der Waals surface area contributed by atoms with E-state index in [4.69, 9.17) is 0 Å². The number of hydrogen-bond donors (Lipinski definition) is 0. The molecule has 0 aromatic heterocycles. The predicted octanol–water partition coefficient (Wildman–Crippen LogP) is 2.59. The first kappa shape index (κ1) is 10.8. The van der Waals surface area contributed by atoms with E-state index in [-0.39, 0.29) is 5.92 Å². The van der Waals surface area contributed by atoms with Gasteiger partial charge < -0.3 is 9.69 Å². The Hall–Kier alpha value is -1.31. The molecule has 3 rings (SSSR count). The van der Waals surface area contributed by atoms with E-state index in [2.05, 4.69) is 23.1 Å². The van der Waals surface area contributed by atoms with Crippen LogP contribution in [0.2, 0.25) is 0 Å². The smallest absolute Gasteiger partial charge is 0.124 e. The molecule has 0 N–H and O–H groups in total. The number of nitrogens with zero attached hydrogens (tertiary/aromatic N) is 1. The molecule has 0 spiro atoms. The Kier molecular flexibility index (Phi) is 2.87. The lowest BCUT2D eigenvalue weighted by Crippen LogP contribution is -2.20. The van der Waals surface area contributed by atoms with Crippen LogP contribution in [0.25, 0.3) is 0 Å². The van der Waals surface area contributed by atoms with E-state index in [9.17, 15) is 4.79 Å². The topological polar surface area (TPSA) is 20.3 Å². The summed E-state index contributed by atoms with van der Waals surface area (Å²) in [6.07, 6.45) is 7.26. The van der Waals surface area contributed by atoms with Crippen LogP contribution in [0.3, 0.4) is 0 Å². The third-order valence-corrected chi connectivity index (χ3v) is 4.11. The maximum absolute atomic E-state index is 10.8. The van der Waals surface area contributed by atoms with Crippen molar-refractivity contribution in [2.24, 2.45) is 5.92 Å². The van der Waals surface area contributed by atoms with Crippen LogP contribution in [-0.4, -0.2) is 19.4 Å². The number of carbonyl (C=O) groups is 1. The molecule has 2 heteroatoms. The largest absolute Gasteiger partial charge is 0.371 e. The molecule has 1 saturated heterocycles. The molecule has 90 valence electrons. The van der Waals surface area contributed by atoms with Crippen molar-refractivity contribution in [1.29, 1.82) is 0 Å². The summed E-state index contributed by atoms with van der Waals surface area (Å²) in [6.45, 7) is 1.93. The Morgan fingerprint density at radius 3 is 2.76 bits per heavy atom. The van der Waals surface area contributed by atoms with E-state index < -0.39 is 0 Å². The highest BCUT2D eigenvalue weighted by Crippen LogP contribution is 2.28. The fourth-order valence-electron chi connectivity index (χ4n) is 3.05. The van der Waals surface area contributed by atoms with Crippen LogP contribution in [0.5, 0.6) is 0 Å². The van der Waals surface area contributed by atoms with Gasteiger partial charge >= 0.3 is 0 Å². The van der Waals surface area contributed by atoms with Gasteiger partial charge in [0, 0.05) is 24.7 Å². The van der Waals surface area contributed by atoms with Gasteiger partial charge in [-0.3, -0.25) is 0 Å². The van der Waals surface area contributed by atoms with Gasteiger partial charge in [-0.1, -0.05) is 6.07 Å². The Morgan fingerprint density at radius 2 is 2.00 bits per heavy atom. The predicted molar refractivity (Wildman–Crippen MR) is 69.5 cm³/mol. The second kappa shape index (κ2) is 4.52. The molecule has 2 aliphatic rings. The van der Waals surface area contributed by atoms with Gasteiger partial charge in [-0.15, -0.1) is 0 Å². The van der Waals surface area contributed by atoms with Gasteiger partial charge in [0.25, 0.3) is 0 Å². The van der Waals surface area contributed by atoms with E-state index in [0.29, 0.717) is 0 Å². The molecule has 1 aliphatic heterocycles. The van der Waals surface area contributed by atoms with Crippen LogP contribution in [0.1, 0.15) is 30.4 Å². The first-order valence-electron chi connectivity index (χ1n) is 6.69. The number of rotatable bonds is 2. The second-order valence-electron chi connectivity index (χ2n) is 5.29. The van der Waals surface area contributed by atoms with Crippen molar-refractivity contribution in [3.05, 3.63) is 29.3 Å². The summed E-state index contributed by atoms with van der Waals surface area (Å²) >= 11 is 0. The Balaban J connectivity index is 1.82. The molecule has 1 atom stereocenters. The number of benzene rings is 1. The molecule has 1 heterocycles. The summed E-state index contributed by atoms with van der Waals surface area (Å²) in [5, 5.41) is 0. The maximum Gasteiger partial charge on any atom is 0.124 e. The minimum absolute atomic E-state index is 0.242. The van der Waals surface area contributed by atoms with Gasteiger partial charge in [0.1, 0.15) is 6.29 Å². The van der Waals surface area contributed by atoms with Crippen molar-refractivity contribution in [2.75, 3.05) is 18.0 Å². The van der Waals surface area contributed by atoms with Crippen molar-refractivity contribution in [2.45, 2.75) is 32.1 Å². The van der Waals surface area contributed by atoms with Crippen LogP contribution in [0, 0.1) is 5.92 Å². The summed E-state index contributed by atoms with van der Waals surface area (Å²) < 4.78 is 0. The highest BCUT2D eigenvalue weighted by atomic mass is 16.1. The Bertz CT molecular complexity index is 427. The maximum atomic E-state index is 10.8. The van der Waals surface area contributed by atoms with Crippen LogP contribution < -0.4 is 4.90 Å². The minimum atomic E-state index is 0.242. The first-order valence-corrected chi connectivity index (χ1v) is 6.69. The van der Waals surface area contributed by atoms with Gasteiger partial charge in [-0.05, 0) is 55.4 Å². The zero-order valence-electron chi connectivity index (χ0n) is 10.2. The van der Waals surface area contributed by atoms with Crippen molar-refractivity contribution >= 4 is 12.0 Å². The lowest BCUT2D eigenvalue weighted by molar-refractivity contribution is -0.110. The fourth-order valence-corrected chi connectivity index (χ4v) is 3.05. The summed E-state index contributed by atoms with van der Waals surface area (Å²) in [4.78, 5) is 13.1. The van der Waals surface area contributed by atoms with E-state index in [1.165, 1.54) is 42.5 Å². The molecular weight excluding hydrogens is 210 g/mol. The van der Waals surface area contributed by atoms with Crippen molar-refractivity contribution in [3.8, 4) is 0 Å². The van der Waals surface area contributed by atoms with Gasteiger partial charge in [-0.2, -0.15) is 0 Å². The number of hydrogen-bond acceptors (Lipinski definition) is 2. The molecule has 1 aromatic rings. The highest BCUT2D eigenvalue weighted by Gasteiger charge is 2.22. The average Bonchev–Trinajstić information content (AvgIpc) is 2.87. The quantitative estimate of drug-likeness (QED) is 0.726. The summed E-state index contributed by atoms with van der Waals surface area (Å²) in [6, 6.07) is 6.87. The summed E-state index contributed by atoms with van der Waals surface area (Å²) in [5.74, 6) is 0.242. The number of anilines is 1. The van der Waals surface area contributed by atoms with Crippen molar-refractivity contribution in [3.63, 3.8) is 0 Å². The van der Waals surface area contributed by atoms with Crippen LogP contribution >= 0.6 is 0 Å². The first-order chi connectivity index (χ1) is 8.36. The highest BCUT2D eigenvalue weighted by molar-refractivity contribution is 5.59.